The zero-order chi connectivity index (χ0) is 15.6. The van der Waals surface area contributed by atoms with Crippen molar-refractivity contribution in [2.75, 3.05) is 11.9 Å². The standard InChI is InChI=1S/C17H18ClNO2/c1-11-8-9-14(17(20)21)16(10-11)19(3)12(2)13-6-4-5-7-15(13)18/h4-10,12H,1-3H3,(H,20,21). The highest BCUT2D eigenvalue weighted by Crippen LogP contribution is 2.32. The van der Waals surface area contributed by atoms with Crippen LogP contribution in [0.5, 0.6) is 0 Å². The number of rotatable bonds is 4. The minimum absolute atomic E-state index is 0.0291. The van der Waals surface area contributed by atoms with Gasteiger partial charge in [0.15, 0.2) is 0 Å². The first-order valence-electron chi connectivity index (χ1n) is 6.73. The van der Waals surface area contributed by atoms with Crippen LogP contribution in [0, 0.1) is 6.92 Å². The molecule has 21 heavy (non-hydrogen) atoms. The largest absolute Gasteiger partial charge is 0.478 e. The first-order valence-corrected chi connectivity index (χ1v) is 7.11. The molecule has 0 aromatic heterocycles. The van der Waals surface area contributed by atoms with Crippen molar-refractivity contribution in [3.8, 4) is 0 Å². The number of aryl methyl sites for hydroxylation is 1. The summed E-state index contributed by atoms with van der Waals surface area (Å²) >= 11 is 6.24. The van der Waals surface area contributed by atoms with Crippen LogP contribution in [-0.2, 0) is 0 Å². The zero-order valence-corrected chi connectivity index (χ0v) is 13.1. The maximum absolute atomic E-state index is 11.4. The number of aromatic carboxylic acids is 1. The smallest absolute Gasteiger partial charge is 0.337 e. The summed E-state index contributed by atoms with van der Waals surface area (Å²) in [5.41, 5.74) is 2.98. The molecular formula is C17H18ClNO2. The number of halogens is 1. The highest BCUT2D eigenvalue weighted by Gasteiger charge is 2.20. The van der Waals surface area contributed by atoms with Crippen LogP contribution in [0.15, 0.2) is 42.5 Å². The van der Waals surface area contributed by atoms with Crippen molar-refractivity contribution in [1.29, 1.82) is 0 Å². The van der Waals surface area contributed by atoms with Gasteiger partial charge in [0.2, 0.25) is 0 Å². The van der Waals surface area contributed by atoms with Gasteiger partial charge in [0.25, 0.3) is 0 Å². The van der Waals surface area contributed by atoms with Crippen LogP contribution in [0.25, 0.3) is 0 Å². The quantitative estimate of drug-likeness (QED) is 0.901. The molecule has 0 saturated carbocycles. The Kier molecular flexibility index (Phi) is 4.53. The van der Waals surface area contributed by atoms with Crippen molar-refractivity contribution in [3.63, 3.8) is 0 Å². The van der Waals surface area contributed by atoms with E-state index >= 15 is 0 Å². The molecule has 0 aliphatic carbocycles. The predicted octanol–water partition coefficient (Wildman–Crippen LogP) is 4.54. The molecule has 1 N–H and O–H groups in total. The van der Waals surface area contributed by atoms with Crippen molar-refractivity contribution >= 4 is 23.3 Å². The third-order valence-corrected chi connectivity index (χ3v) is 4.04. The molecule has 2 rings (SSSR count). The fourth-order valence-electron chi connectivity index (χ4n) is 2.35. The summed E-state index contributed by atoms with van der Waals surface area (Å²) in [5, 5.41) is 10.0. The molecule has 2 aromatic carbocycles. The molecule has 4 heteroatoms. The van der Waals surface area contributed by atoms with Gasteiger partial charge >= 0.3 is 5.97 Å². The van der Waals surface area contributed by atoms with E-state index in [0.717, 1.165) is 11.1 Å². The van der Waals surface area contributed by atoms with E-state index in [1.807, 2.05) is 56.1 Å². The summed E-state index contributed by atoms with van der Waals surface area (Å²) in [6.07, 6.45) is 0. The van der Waals surface area contributed by atoms with Crippen molar-refractivity contribution in [2.24, 2.45) is 0 Å². The number of hydrogen-bond acceptors (Lipinski definition) is 2. The molecule has 1 unspecified atom stereocenters. The van der Waals surface area contributed by atoms with Gasteiger partial charge in [-0.1, -0.05) is 35.9 Å². The lowest BCUT2D eigenvalue weighted by molar-refractivity contribution is 0.0697. The van der Waals surface area contributed by atoms with E-state index in [0.29, 0.717) is 16.3 Å². The van der Waals surface area contributed by atoms with Gasteiger partial charge in [-0.05, 0) is 43.2 Å². The topological polar surface area (TPSA) is 40.5 Å². The number of anilines is 1. The van der Waals surface area contributed by atoms with Gasteiger partial charge in [0, 0.05) is 12.1 Å². The Morgan fingerprint density at radius 1 is 1.24 bits per heavy atom. The van der Waals surface area contributed by atoms with Crippen LogP contribution < -0.4 is 4.90 Å². The predicted molar refractivity (Wildman–Crippen MR) is 86.4 cm³/mol. The minimum Gasteiger partial charge on any atom is -0.478 e. The lowest BCUT2D eigenvalue weighted by Gasteiger charge is -2.29. The number of carboxylic acids is 1. The molecule has 0 aliphatic rings. The Morgan fingerprint density at radius 3 is 2.52 bits per heavy atom. The summed E-state index contributed by atoms with van der Waals surface area (Å²) in [6.45, 7) is 3.96. The molecule has 2 aromatic rings. The van der Waals surface area contributed by atoms with E-state index in [4.69, 9.17) is 11.6 Å². The van der Waals surface area contributed by atoms with Gasteiger partial charge in [-0.15, -0.1) is 0 Å². The number of carboxylic acid groups (broad SMARTS) is 1. The molecule has 0 fully saturated rings. The molecule has 0 radical (unpaired) electrons. The van der Waals surface area contributed by atoms with Crippen molar-refractivity contribution in [2.45, 2.75) is 19.9 Å². The normalized spacial score (nSPS) is 12.0. The summed E-state index contributed by atoms with van der Waals surface area (Å²) in [5.74, 6) is -0.928. The van der Waals surface area contributed by atoms with Crippen LogP contribution in [0.1, 0.15) is 34.5 Å². The van der Waals surface area contributed by atoms with Crippen LogP contribution in [0.2, 0.25) is 5.02 Å². The average Bonchev–Trinajstić information content (AvgIpc) is 2.45. The fraction of sp³-hybridized carbons (Fsp3) is 0.235. The molecule has 0 spiro atoms. The van der Waals surface area contributed by atoms with E-state index in [9.17, 15) is 9.90 Å². The molecule has 110 valence electrons. The van der Waals surface area contributed by atoms with Crippen LogP contribution in [0.4, 0.5) is 5.69 Å². The Balaban J connectivity index is 2.44. The number of benzene rings is 2. The third-order valence-electron chi connectivity index (χ3n) is 3.70. The van der Waals surface area contributed by atoms with Gasteiger partial charge < -0.3 is 10.0 Å². The van der Waals surface area contributed by atoms with Crippen molar-refractivity contribution < 1.29 is 9.90 Å². The van der Waals surface area contributed by atoms with Crippen LogP contribution in [0.3, 0.4) is 0 Å². The Bertz CT molecular complexity index is 670. The molecular weight excluding hydrogens is 286 g/mol. The SMILES string of the molecule is Cc1ccc(C(=O)O)c(N(C)C(C)c2ccccc2Cl)c1. The van der Waals surface area contributed by atoms with Crippen molar-refractivity contribution in [3.05, 3.63) is 64.2 Å². The second kappa shape index (κ2) is 6.19. The summed E-state index contributed by atoms with van der Waals surface area (Å²) < 4.78 is 0. The molecule has 0 saturated heterocycles. The Labute approximate surface area is 129 Å². The number of nitrogens with zero attached hydrogens (tertiary/aromatic N) is 1. The molecule has 0 heterocycles. The van der Waals surface area contributed by atoms with E-state index in [1.165, 1.54) is 0 Å². The van der Waals surface area contributed by atoms with E-state index in [2.05, 4.69) is 0 Å². The lowest BCUT2D eigenvalue weighted by Crippen LogP contribution is -2.24. The van der Waals surface area contributed by atoms with Gasteiger partial charge in [0.05, 0.1) is 17.3 Å². The van der Waals surface area contributed by atoms with E-state index < -0.39 is 5.97 Å². The molecule has 0 amide bonds. The first kappa shape index (κ1) is 15.4. The lowest BCUT2D eigenvalue weighted by atomic mass is 10.0. The van der Waals surface area contributed by atoms with Gasteiger partial charge in [-0.2, -0.15) is 0 Å². The number of hydrogen-bond donors (Lipinski definition) is 1. The van der Waals surface area contributed by atoms with Crippen LogP contribution in [-0.4, -0.2) is 18.1 Å². The molecule has 0 aliphatic heterocycles. The minimum atomic E-state index is -0.928. The highest BCUT2D eigenvalue weighted by atomic mass is 35.5. The first-order chi connectivity index (χ1) is 9.91. The summed E-state index contributed by atoms with van der Waals surface area (Å²) in [6, 6.07) is 12.9. The second-order valence-corrected chi connectivity index (χ2v) is 5.54. The zero-order valence-electron chi connectivity index (χ0n) is 12.3. The fourth-order valence-corrected chi connectivity index (χ4v) is 2.64. The Morgan fingerprint density at radius 2 is 1.90 bits per heavy atom. The molecule has 1 atom stereocenters. The summed E-state index contributed by atoms with van der Waals surface area (Å²) in [7, 11) is 1.88. The molecule has 3 nitrogen and oxygen atoms in total. The number of carbonyl (C=O) groups is 1. The van der Waals surface area contributed by atoms with Gasteiger partial charge in [-0.25, -0.2) is 4.79 Å². The van der Waals surface area contributed by atoms with Gasteiger partial charge in [0.1, 0.15) is 0 Å². The Hall–Kier alpha value is -2.00. The monoisotopic (exact) mass is 303 g/mol. The third kappa shape index (κ3) is 3.19. The van der Waals surface area contributed by atoms with E-state index in [1.54, 1.807) is 12.1 Å². The maximum atomic E-state index is 11.4. The second-order valence-electron chi connectivity index (χ2n) is 5.13. The van der Waals surface area contributed by atoms with Crippen molar-refractivity contribution in [1.82, 2.24) is 0 Å². The summed E-state index contributed by atoms with van der Waals surface area (Å²) in [4.78, 5) is 13.4. The van der Waals surface area contributed by atoms with E-state index in [-0.39, 0.29) is 6.04 Å². The highest BCUT2D eigenvalue weighted by molar-refractivity contribution is 6.31. The average molecular weight is 304 g/mol. The maximum Gasteiger partial charge on any atom is 0.337 e. The molecule has 0 bridgehead atoms. The van der Waals surface area contributed by atoms with Gasteiger partial charge in [-0.3, -0.25) is 0 Å². The van der Waals surface area contributed by atoms with Crippen LogP contribution >= 0.6 is 11.6 Å².